The van der Waals surface area contributed by atoms with Crippen molar-refractivity contribution in [2.24, 2.45) is 5.11 Å². The van der Waals surface area contributed by atoms with Gasteiger partial charge >= 0.3 is 0 Å². The summed E-state index contributed by atoms with van der Waals surface area (Å²) in [4.78, 5) is 4.63. The van der Waals surface area contributed by atoms with Gasteiger partial charge in [0, 0.05) is 37.5 Å². The summed E-state index contributed by atoms with van der Waals surface area (Å²) >= 11 is 0. The summed E-state index contributed by atoms with van der Waals surface area (Å²) in [6.45, 7) is 12.6. The molecule has 0 spiro atoms. The first-order valence-electron chi connectivity index (χ1n) is 16.5. The predicted molar refractivity (Wildman–Crippen MR) is 203 cm³/mol. The Labute approximate surface area is 305 Å². The quantitative estimate of drug-likeness (QED) is 0.0182. The zero-order valence-corrected chi connectivity index (χ0v) is 32.4. The van der Waals surface area contributed by atoms with Gasteiger partial charge < -0.3 is 28.1 Å². The molecule has 0 aliphatic carbocycles. The molecule has 0 saturated carbocycles. The molecule has 14 nitrogen and oxygen atoms in total. The maximum atomic E-state index is 11.6. The highest BCUT2D eigenvalue weighted by Crippen LogP contribution is 2.17. The van der Waals surface area contributed by atoms with Gasteiger partial charge in [0.1, 0.15) is 18.9 Å². The van der Waals surface area contributed by atoms with Crippen LogP contribution in [0.15, 0.2) is 53.6 Å². The summed E-state index contributed by atoms with van der Waals surface area (Å²) in [6.07, 6.45) is 10.2. The molecule has 0 bridgehead atoms. The average Bonchev–Trinajstić information content (AvgIpc) is 3.09. The number of azide groups is 1. The summed E-state index contributed by atoms with van der Waals surface area (Å²) < 4.78 is 72.7. The van der Waals surface area contributed by atoms with Crippen molar-refractivity contribution in [2.75, 3.05) is 103 Å². The normalized spacial score (nSPS) is 11.3. The highest BCUT2D eigenvalue weighted by Gasteiger charge is 2.18. The van der Waals surface area contributed by atoms with Gasteiger partial charge in [0.2, 0.25) is 0 Å². The summed E-state index contributed by atoms with van der Waals surface area (Å²) in [6, 6.07) is 16.2. The molecule has 16 heteroatoms. The van der Waals surface area contributed by atoms with Crippen LogP contribution in [0.1, 0.15) is 38.3 Å². The third-order valence-corrected chi connectivity index (χ3v) is 8.59. The van der Waals surface area contributed by atoms with Gasteiger partial charge in [-0.05, 0) is 74.0 Å². The lowest BCUT2D eigenvalue weighted by atomic mass is 10.1. The van der Waals surface area contributed by atoms with Crippen molar-refractivity contribution in [1.29, 1.82) is 0 Å². The lowest BCUT2D eigenvalue weighted by molar-refractivity contribution is -0.916. The van der Waals surface area contributed by atoms with Gasteiger partial charge in [-0.15, -0.1) is 6.42 Å². The Hall–Kier alpha value is -3.65. The molecular formula is C35H55N5O9S2. The van der Waals surface area contributed by atoms with E-state index in [2.05, 4.69) is 78.0 Å². The molecular weight excluding hydrogens is 699 g/mol. The van der Waals surface area contributed by atoms with Crippen molar-refractivity contribution in [1.82, 2.24) is 0 Å². The molecule has 51 heavy (non-hydrogen) atoms. The zero-order chi connectivity index (χ0) is 38.6. The highest BCUT2D eigenvalue weighted by atomic mass is 32.2. The second-order valence-electron chi connectivity index (χ2n) is 11.2. The largest absolute Gasteiger partial charge is 0.748 e. The molecule has 0 aliphatic rings. The van der Waals surface area contributed by atoms with Crippen LogP contribution in [0.3, 0.4) is 0 Å². The smallest absolute Gasteiger partial charge is 0.267 e. The number of quaternary nitrogens is 1. The number of terminal acetylenes is 1. The van der Waals surface area contributed by atoms with Crippen LogP contribution in [0.5, 0.6) is 5.75 Å². The Bertz CT molecular complexity index is 1530. The fourth-order valence-electron chi connectivity index (χ4n) is 4.13. The topological polar surface area (TPSA) is 180 Å². The summed E-state index contributed by atoms with van der Waals surface area (Å²) in [5, 5.41) is 3.28. The number of anilines is 1. The van der Waals surface area contributed by atoms with Crippen molar-refractivity contribution in [3.8, 4) is 18.1 Å². The molecule has 0 unspecified atom stereocenters. The summed E-state index contributed by atoms with van der Waals surface area (Å²) in [5.74, 6) is 3.30. The molecule has 0 aromatic heterocycles. The van der Waals surface area contributed by atoms with E-state index >= 15 is 0 Å². The fraction of sp³-hybridized carbons (Fsp3) is 0.543. The van der Waals surface area contributed by atoms with Crippen LogP contribution in [0.25, 0.3) is 22.6 Å². The molecule has 2 aromatic carbocycles. The number of ether oxygens (including phenoxy) is 3. The van der Waals surface area contributed by atoms with Crippen LogP contribution >= 0.6 is 0 Å². The van der Waals surface area contributed by atoms with E-state index in [1.165, 1.54) is 5.69 Å². The summed E-state index contributed by atoms with van der Waals surface area (Å²) in [5.41, 5.74) is 11.5. The van der Waals surface area contributed by atoms with Crippen molar-refractivity contribution in [3.05, 3.63) is 70.1 Å². The molecule has 2 rings (SSSR count). The number of hydrogen-bond acceptors (Lipinski definition) is 11. The molecule has 0 fully saturated rings. The highest BCUT2D eigenvalue weighted by molar-refractivity contribution is 7.86. The molecule has 0 aliphatic heterocycles. The molecule has 2 aromatic rings. The Morgan fingerprint density at radius 1 is 0.863 bits per heavy atom. The maximum Gasteiger partial charge on any atom is 0.267 e. The monoisotopic (exact) mass is 753 g/mol. The van der Waals surface area contributed by atoms with E-state index in [4.69, 9.17) is 43.3 Å². The molecule has 0 radical (unpaired) electrons. The minimum Gasteiger partial charge on any atom is -0.748 e. The van der Waals surface area contributed by atoms with Crippen molar-refractivity contribution in [3.63, 3.8) is 0 Å². The van der Waals surface area contributed by atoms with Crippen molar-refractivity contribution >= 4 is 38.1 Å². The van der Waals surface area contributed by atoms with Gasteiger partial charge in [-0.1, -0.05) is 41.5 Å². The van der Waals surface area contributed by atoms with E-state index in [1.807, 2.05) is 38.4 Å². The van der Waals surface area contributed by atoms with Gasteiger partial charge in [-0.3, -0.25) is 4.18 Å². The van der Waals surface area contributed by atoms with Gasteiger partial charge in [-0.25, -0.2) is 8.42 Å². The number of rotatable bonds is 22. The number of hydrogen-bond donors (Lipinski definition) is 0. The van der Waals surface area contributed by atoms with E-state index in [0.717, 1.165) is 47.5 Å². The van der Waals surface area contributed by atoms with E-state index in [9.17, 15) is 8.42 Å². The van der Waals surface area contributed by atoms with Crippen LogP contribution in [0, 0.1) is 12.3 Å². The van der Waals surface area contributed by atoms with Crippen LogP contribution in [0.2, 0.25) is 0 Å². The predicted octanol–water partition coefficient (Wildman–Crippen LogP) is 5.04. The van der Waals surface area contributed by atoms with Gasteiger partial charge in [0.15, 0.2) is 0 Å². The minimum atomic E-state index is -3.92. The van der Waals surface area contributed by atoms with Crippen molar-refractivity contribution in [2.45, 2.75) is 27.2 Å². The molecule has 0 amide bonds. The lowest BCUT2D eigenvalue weighted by Gasteiger charge is -2.33. The standard InChI is InChI=1S/C25H34N4O6S.C9H18N.CH4O3S/c1-29(2)24-10-6-22(7-11-24)4-5-23-8-12-25(13-9-23)34-19-17-32-15-16-33-18-20-35-36(30,31)21-3-14-27-28-26;1-5-9-10(6-2,7-3)8-4;1-5(2,3)4/h4-13H,3,14-21H2,1-2H3;1H,6-9H2,2-4H3;1H3,(H,2,3,4)/q;+1;/p-1/b5-4+;;. The van der Waals surface area contributed by atoms with Crippen LogP contribution in [-0.4, -0.2) is 124 Å². The molecule has 0 N–H and O–H groups in total. The minimum absolute atomic E-state index is 0.0686. The molecule has 0 heterocycles. The Balaban J connectivity index is 0.00000139. The Morgan fingerprint density at radius 2 is 1.33 bits per heavy atom. The SMILES string of the molecule is C#CC[N+](CC)(CC)CC.CN(C)c1ccc(/C=C/c2ccc(OCCOCCOCCOS(=O)(=O)CCCN=[N+]=[N-])cc2)cc1.CS(=O)(=O)[O-]. The van der Waals surface area contributed by atoms with E-state index < -0.39 is 20.2 Å². The zero-order valence-electron chi connectivity index (χ0n) is 30.8. The first-order chi connectivity index (χ1) is 24.1. The first kappa shape index (κ1) is 47.4. The Kier molecular flexibility index (Phi) is 25.1. The third kappa shape index (κ3) is 25.9. The first-order valence-corrected chi connectivity index (χ1v) is 19.9. The van der Waals surface area contributed by atoms with E-state index in [-0.39, 0.29) is 31.9 Å². The average molecular weight is 754 g/mol. The second kappa shape index (κ2) is 27.1. The third-order valence-electron chi connectivity index (χ3n) is 7.27. The fourth-order valence-corrected chi connectivity index (χ4v) is 5.05. The van der Waals surface area contributed by atoms with Crippen LogP contribution in [0.4, 0.5) is 5.69 Å². The maximum absolute atomic E-state index is 11.6. The number of nitrogens with zero attached hydrogens (tertiary/aromatic N) is 5. The Morgan fingerprint density at radius 3 is 1.76 bits per heavy atom. The van der Waals surface area contributed by atoms with E-state index in [0.29, 0.717) is 32.7 Å². The second-order valence-corrected chi connectivity index (χ2v) is 14.4. The van der Waals surface area contributed by atoms with Gasteiger partial charge in [-0.2, -0.15) is 8.42 Å². The lowest BCUT2D eigenvalue weighted by Crippen LogP contribution is -2.47. The summed E-state index contributed by atoms with van der Waals surface area (Å²) in [7, 11) is -3.51. The molecule has 286 valence electrons. The van der Waals surface area contributed by atoms with Crippen LogP contribution < -0.4 is 9.64 Å². The number of benzene rings is 2. The molecule has 0 atom stereocenters. The van der Waals surface area contributed by atoms with Crippen molar-refractivity contribution < 1.29 is 44.3 Å². The van der Waals surface area contributed by atoms with Gasteiger partial charge in [0.25, 0.3) is 10.1 Å². The van der Waals surface area contributed by atoms with Crippen LogP contribution in [-0.2, 0) is 33.9 Å². The van der Waals surface area contributed by atoms with E-state index in [1.54, 1.807) is 0 Å². The molecule has 0 saturated heterocycles. The van der Waals surface area contributed by atoms with Gasteiger partial charge in [0.05, 0.1) is 68.5 Å².